The van der Waals surface area contributed by atoms with E-state index in [0.717, 1.165) is 0 Å². The molecule has 0 aromatic heterocycles. The maximum atomic E-state index is 11.6. The summed E-state index contributed by atoms with van der Waals surface area (Å²) in [5.74, 6) is 0. The van der Waals surface area contributed by atoms with Crippen LogP contribution in [0.4, 0.5) is 26.3 Å². The molecule has 0 aromatic carbocycles. The minimum Gasteiger partial charge on any atom is -0.277 e. The lowest BCUT2D eigenvalue weighted by atomic mass is 10.4. The third-order valence-corrected chi connectivity index (χ3v) is 3.09. The molecule has 0 saturated heterocycles. The SMILES string of the molecule is O=S(=O)(O)SC(C(F)(F)F)C(F)(F)F. The molecule has 0 spiro atoms. The monoisotopic (exact) mass is 264 g/mol. The minimum atomic E-state index is -5.79. The van der Waals surface area contributed by atoms with Crippen molar-refractivity contribution in [2.24, 2.45) is 0 Å². The van der Waals surface area contributed by atoms with Crippen LogP contribution in [0.25, 0.3) is 0 Å². The van der Waals surface area contributed by atoms with E-state index in [2.05, 4.69) is 0 Å². The van der Waals surface area contributed by atoms with E-state index in [1.165, 1.54) is 0 Å². The van der Waals surface area contributed by atoms with Gasteiger partial charge in [-0.1, -0.05) is 0 Å². The third-order valence-electron chi connectivity index (χ3n) is 0.812. The van der Waals surface area contributed by atoms with Crippen molar-refractivity contribution in [3.05, 3.63) is 0 Å². The molecule has 14 heavy (non-hydrogen) atoms. The van der Waals surface area contributed by atoms with Gasteiger partial charge in [-0.15, -0.1) is 0 Å². The highest BCUT2D eigenvalue weighted by Gasteiger charge is 2.59. The van der Waals surface area contributed by atoms with Crippen LogP contribution in [0.3, 0.4) is 0 Å². The Bertz CT molecular complexity index is 274. The van der Waals surface area contributed by atoms with Gasteiger partial charge in [-0.05, 0) is 0 Å². The van der Waals surface area contributed by atoms with E-state index in [1.54, 1.807) is 0 Å². The summed E-state index contributed by atoms with van der Waals surface area (Å²) < 4.78 is 97.3. The standard InChI is InChI=1S/C3H2F6O3S2/c4-2(5,6)1(3(7,8)9)13-14(10,11)12/h1H,(H,10,11,12). The maximum absolute atomic E-state index is 11.6. The molecule has 0 amide bonds. The number of hydrogen-bond donors (Lipinski definition) is 1. The number of halogens is 6. The van der Waals surface area contributed by atoms with Crippen molar-refractivity contribution >= 4 is 19.9 Å². The van der Waals surface area contributed by atoms with Gasteiger partial charge < -0.3 is 0 Å². The van der Waals surface area contributed by atoms with E-state index in [1.807, 2.05) is 0 Å². The van der Waals surface area contributed by atoms with Gasteiger partial charge in [0.05, 0.1) is 0 Å². The fourth-order valence-corrected chi connectivity index (χ4v) is 2.26. The van der Waals surface area contributed by atoms with Gasteiger partial charge in [0.15, 0.2) is 0 Å². The van der Waals surface area contributed by atoms with Gasteiger partial charge in [-0.25, -0.2) is 0 Å². The van der Waals surface area contributed by atoms with E-state index in [9.17, 15) is 34.8 Å². The van der Waals surface area contributed by atoms with Crippen LogP contribution >= 0.6 is 10.8 Å². The van der Waals surface area contributed by atoms with Gasteiger partial charge in [-0.2, -0.15) is 34.8 Å². The van der Waals surface area contributed by atoms with E-state index in [0.29, 0.717) is 0 Å². The highest BCUT2D eigenvalue weighted by atomic mass is 33.1. The fraction of sp³-hybridized carbons (Fsp3) is 1.00. The molecule has 0 atom stereocenters. The first-order valence-electron chi connectivity index (χ1n) is 2.63. The van der Waals surface area contributed by atoms with Crippen molar-refractivity contribution in [1.29, 1.82) is 0 Å². The van der Waals surface area contributed by atoms with Crippen LogP contribution in [-0.4, -0.2) is 30.6 Å². The minimum absolute atomic E-state index is 1.61. The zero-order valence-electron chi connectivity index (χ0n) is 5.93. The summed E-state index contributed by atoms with van der Waals surface area (Å²) in [4.78, 5) is 0. The second-order valence-corrected chi connectivity index (χ2v) is 5.35. The summed E-state index contributed by atoms with van der Waals surface area (Å²) >= 11 is 0. The van der Waals surface area contributed by atoms with Crippen LogP contribution in [0, 0.1) is 0 Å². The van der Waals surface area contributed by atoms with Crippen molar-refractivity contribution in [3.63, 3.8) is 0 Å². The Balaban J connectivity index is 4.97. The fourth-order valence-electron chi connectivity index (χ4n) is 0.416. The Morgan fingerprint density at radius 3 is 1.36 bits per heavy atom. The second-order valence-electron chi connectivity index (χ2n) is 1.99. The van der Waals surface area contributed by atoms with Crippen LogP contribution < -0.4 is 0 Å². The molecule has 0 aliphatic carbocycles. The normalized spacial score (nSPS) is 14.9. The lowest BCUT2D eigenvalue weighted by molar-refractivity contribution is -0.223. The molecule has 0 aliphatic heterocycles. The smallest absolute Gasteiger partial charge is 0.277 e. The summed E-state index contributed by atoms with van der Waals surface area (Å²) in [7, 11) is -7.02. The van der Waals surface area contributed by atoms with Crippen LogP contribution in [0.2, 0.25) is 0 Å². The molecular formula is C3H2F6O3S2. The predicted octanol–water partition coefficient (Wildman–Crippen LogP) is 2.02. The summed E-state index contributed by atoms with van der Waals surface area (Å²) in [5.41, 5.74) is 0. The summed E-state index contributed by atoms with van der Waals surface area (Å²) in [6, 6.07) is 0. The average Bonchev–Trinajstić information content (AvgIpc) is 1.75. The highest BCUT2D eigenvalue weighted by Crippen LogP contribution is 2.43. The first kappa shape index (κ1) is 13.8. The third kappa shape index (κ3) is 4.91. The molecule has 0 rings (SSSR count). The summed E-state index contributed by atoms with van der Waals surface area (Å²) in [5, 5.41) is -4.15. The number of hydrogen-bond acceptors (Lipinski definition) is 3. The molecule has 11 heteroatoms. The van der Waals surface area contributed by atoms with E-state index < -0.39 is 37.5 Å². The first-order chi connectivity index (χ1) is 5.84. The van der Waals surface area contributed by atoms with Gasteiger partial charge in [0.1, 0.15) is 0 Å². The van der Waals surface area contributed by atoms with E-state index >= 15 is 0 Å². The van der Waals surface area contributed by atoms with Crippen molar-refractivity contribution in [2.45, 2.75) is 17.6 Å². The molecule has 0 saturated carbocycles. The molecular weight excluding hydrogens is 262 g/mol. The largest absolute Gasteiger partial charge is 0.410 e. The van der Waals surface area contributed by atoms with Gasteiger partial charge in [0.25, 0.3) is 0 Å². The van der Waals surface area contributed by atoms with Gasteiger partial charge >= 0.3 is 21.5 Å². The van der Waals surface area contributed by atoms with Crippen LogP contribution in [0.15, 0.2) is 0 Å². The Morgan fingerprint density at radius 2 is 1.29 bits per heavy atom. The molecule has 0 unspecified atom stereocenters. The van der Waals surface area contributed by atoms with Crippen molar-refractivity contribution in [1.82, 2.24) is 0 Å². The summed E-state index contributed by atoms with van der Waals surface area (Å²) in [6.07, 6.45) is -11.6. The maximum Gasteiger partial charge on any atom is 0.410 e. The van der Waals surface area contributed by atoms with E-state index in [-0.39, 0.29) is 0 Å². The Labute approximate surface area is 77.6 Å². The second kappa shape index (κ2) is 3.77. The molecule has 1 N–H and O–H groups in total. The summed E-state index contributed by atoms with van der Waals surface area (Å²) in [6.45, 7) is 0. The molecule has 0 radical (unpaired) electrons. The molecule has 3 nitrogen and oxygen atoms in total. The molecule has 0 aromatic rings. The molecule has 86 valence electrons. The predicted molar refractivity (Wildman–Crippen MR) is 35.0 cm³/mol. The lowest BCUT2D eigenvalue weighted by Gasteiger charge is -2.20. The Kier molecular flexibility index (Phi) is 3.73. The lowest BCUT2D eigenvalue weighted by Crippen LogP contribution is -2.40. The molecule has 0 heterocycles. The average molecular weight is 264 g/mol. The molecule has 0 bridgehead atoms. The topological polar surface area (TPSA) is 54.4 Å². The van der Waals surface area contributed by atoms with Crippen LogP contribution in [0.5, 0.6) is 0 Å². The zero-order valence-corrected chi connectivity index (χ0v) is 7.56. The van der Waals surface area contributed by atoms with Crippen LogP contribution in [-0.2, 0) is 9.15 Å². The zero-order chi connectivity index (χ0) is 11.8. The van der Waals surface area contributed by atoms with Crippen molar-refractivity contribution in [2.75, 3.05) is 0 Å². The van der Waals surface area contributed by atoms with Crippen LogP contribution in [0.1, 0.15) is 0 Å². The Hall–Kier alpha value is -0.160. The van der Waals surface area contributed by atoms with Crippen molar-refractivity contribution in [3.8, 4) is 0 Å². The number of rotatable bonds is 2. The number of alkyl halides is 6. The molecule has 0 aliphatic rings. The Morgan fingerprint density at radius 1 is 1.00 bits per heavy atom. The van der Waals surface area contributed by atoms with Gasteiger partial charge in [0.2, 0.25) is 5.25 Å². The quantitative estimate of drug-likeness (QED) is 0.471. The van der Waals surface area contributed by atoms with Gasteiger partial charge in [-0.3, -0.25) is 4.55 Å². The van der Waals surface area contributed by atoms with Crippen molar-refractivity contribution < 1.29 is 39.3 Å². The first-order valence-corrected chi connectivity index (χ1v) is 5.47. The van der Waals surface area contributed by atoms with E-state index in [4.69, 9.17) is 4.55 Å². The molecule has 0 fully saturated rings. The highest BCUT2D eigenvalue weighted by molar-refractivity contribution is 8.70. The van der Waals surface area contributed by atoms with Gasteiger partial charge in [0, 0.05) is 10.8 Å².